The lowest BCUT2D eigenvalue weighted by molar-refractivity contribution is -0.134. The van der Waals surface area contributed by atoms with Crippen molar-refractivity contribution < 1.29 is 9.59 Å². The largest absolute Gasteiger partial charge is 0.355 e. The number of hydrogen-bond acceptors (Lipinski definition) is 2. The quantitative estimate of drug-likeness (QED) is 0.724. The monoisotopic (exact) mass is 370 g/mol. The minimum atomic E-state index is -0.921. The number of benzene rings is 2. The molecule has 0 aromatic heterocycles. The molecule has 2 N–H and O–H groups in total. The van der Waals surface area contributed by atoms with E-state index in [9.17, 15) is 9.59 Å². The van der Waals surface area contributed by atoms with Crippen LogP contribution >= 0.6 is 11.6 Å². The van der Waals surface area contributed by atoms with E-state index in [1.807, 2.05) is 55.5 Å². The molecule has 2 amide bonds. The molecule has 0 radical (unpaired) electrons. The van der Waals surface area contributed by atoms with Crippen LogP contribution in [0.15, 0.2) is 48.5 Å². The van der Waals surface area contributed by atoms with Gasteiger partial charge in [-0.15, -0.1) is 0 Å². The standard InChI is InChI=1S/C21H23ClN2O2/c1-2-16-7-3-4-9-18(16)24-20(26)21(11-12-21)19(25)23-13-10-15-6-5-8-17(22)14-15/h3-9,14H,2,10-13H2,1H3,(H,23,25)(H,24,26). The second-order valence-electron chi connectivity index (χ2n) is 6.68. The molecule has 26 heavy (non-hydrogen) atoms. The van der Waals surface area contributed by atoms with Gasteiger partial charge in [-0.25, -0.2) is 0 Å². The van der Waals surface area contributed by atoms with Crippen molar-refractivity contribution >= 4 is 29.1 Å². The van der Waals surface area contributed by atoms with Crippen molar-refractivity contribution in [3.05, 3.63) is 64.7 Å². The molecule has 0 spiro atoms. The molecular weight excluding hydrogens is 348 g/mol. The summed E-state index contributed by atoms with van der Waals surface area (Å²) in [6, 6.07) is 15.3. The fourth-order valence-corrected chi connectivity index (χ4v) is 3.27. The number of anilines is 1. The Kier molecular flexibility index (Phi) is 5.62. The molecule has 1 aliphatic carbocycles. The normalized spacial score (nSPS) is 14.5. The molecule has 1 fully saturated rings. The van der Waals surface area contributed by atoms with Gasteiger partial charge in [-0.3, -0.25) is 9.59 Å². The zero-order valence-corrected chi connectivity index (χ0v) is 15.6. The van der Waals surface area contributed by atoms with Gasteiger partial charge in [0, 0.05) is 17.3 Å². The van der Waals surface area contributed by atoms with Gasteiger partial charge in [0.2, 0.25) is 11.8 Å². The molecule has 3 rings (SSSR count). The molecule has 0 unspecified atom stereocenters. The summed E-state index contributed by atoms with van der Waals surface area (Å²) in [5.41, 5.74) is 2.00. The number of halogens is 1. The maximum Gasteiger partial charge on any atom is 0.240 e. The molecule has 0 aliphatic heterocycles. The van der Waals surface area contributed by atoms with E-state index in [-0.39, 0.29) is 11.8 Å². The Morgan fingerprint density at radius 2 is 1.85 bits per heavy atom. The van der Waals surface area contributed by atoms with E-state index in [0.29, 0.717) is 30.8 Å². The summed E-state index contributed by atoms with van der Waals surface area (Å²) < 4.78 is 0. The Balaban J connectivity index is 1.57. The van der Waals surface area contributed by atoms with Gasteiger partial charge in [-0.05, 0) is 55.0 Å². The first kappa shape index (κ1) is 18.5. The second kappa shape index (κ2) is 7.92. The van der Waals surface area contributed by atoms with E-state index in [1.165, 1.54) is 0 Å². The van der Waals surface area contributed by atoms with Crippen LogP contribution in [0, 0.1) is 5.41 Å². The zero-order valence-electron chi connectivity index (χ0n) is 14.8. The first-order valence-corrected chi connectivity index (χ1v) is 9.35. The number of carbonyl (C=O) groups is 2. The highest BCUT2D eigenvalue weighted by Crippen LogP contribution is 2.47. The number of aryl methyl sites for hydroxylation is 1. The van der Waals surface area contributed by atoms with Gasteiger partial charge >= 0.3 is 0 Å². The lowest BCUT2D eigenvalue weighted by Gasteiger charge is -2.17. The molecule has 136 valence electrons. The molecule has 2 aromatic rings. The van der Waals surface area contributed by atoms with E-state index < -0.39 is 5.41 Å². The van der Waals surface area contributed by atoms with E-state index in [2.05, 4.69) is 10.6 Å². The van der Waals surface area contributed by atoms with Gasteiger partial charge in [0.25, 0.3) is 0 Å². The van der Waals surface area contributed by atoms with Gasteiger partial charge in [0.15, 0.2) is 0 Å². The van der Waals surface area contributed by atoms with Crippen LogP contribution in [-0.2, 0) is 22.4 Å². The molecule has 5 heteroatoms. The molecule has 2 aromatic carbocycles. The van der Waals surface area contributed by atoms with Crippen LogP contribution in [0.4, 0.5) is 5.69 Å². The molecule has 0 bridgehead atoms. The smallest absolute Gasteiger partial charge is 0.240 e. The van der Waals surface area contributed by atoms with E-state index in [4.69, 9.17) is 11.6 Å². The summed E-state index contributed by atoms with van der Waals surface area (Å²) in [7, 11) is 0. The van der Waals surface area contributed by atoms with E-state index in [0.717, 1.165) is 23.2 Å². The van der Waals surface area contributed by atoms with Crippen LogP contribution in [0.1, 0.15) is 30.9 Å². The summed E-state index contributed by atoms with van der Waals surface area (Å²) in [4.78, 5) is 25.3. The third-order valence-corrected chi connectivity index (χ3v) is 5.09. The third-order valence-electron chi connectivity index (χ3n) is 4.85. The number of para-hydroxylation sites is 1. The number of carbonyl (C=O) groups excluding carboxylic acids is 2. The Morgan fingerprint density at radius 3 is 2.54 bits per heavy atom. The highest BCUT2D eigenvalue weighted by molar-refractivity contribution is 6.30. The Labute approximate surface area is 158 Å². The number of amides is 2. The summed E-state index contributed by atoms with van der Waals surface area (Å²) in [6.45, 7) is 2.53. The fourth-order valence-electron chi connectivity index (χ4n) is 3.06. The number of nitrogens with one attached hydrogen (secondary N) is 2. The average Bonchev–Trinajstić information content (AvgIpc) is 3.44. The van der Waals surface area contributed by atoms with Crippen LogP contribution in [-0.4, -0.2) is 18.4 Å². The maximum absolute atomic E-state index is 12.7. The third kappa shape index (κ3) is 4.07. The highest BCUT2D eigenvalue weighted by atomic mass is 35.5. The van der Waals surface area contributed by atoms with Crippen LogP contribution in [0.2, 0.25) is 5.02 Å². The molecule has 1 aliphatic rings. The van der Waals surface area contributed by atoms with Gasteiger partial charge in [-0.2, -0.15) is 0 Å². The molecule has 0 heterocycles. The predicted molar refractivity (Wildman–Crippen MR) is 104 cm³/mol. The summed E-state index contributed by atoms with van der Waals surface area (Å²) in [5.74, 6) is -0.398. The summed E-state index contributed by atoms with van der Waals surface area (Å²) in [5, 5.41) is 6.53. The van der Waals surface area contributed by atoms with Crippen LogP contribution < -0.4 is 10.6 Å². The molecule has 0 atom stereocenters. The van der Waals surface area contributed by atoms with Crippen molar-refractivity contribution in [1.82, 2.24) is 5.32 Å². The molecule has 1 saturated carbocycles. The summed E-state index contributed by atoms with van der Waals surface area (Å²) >= 11 is 5.97. The highest BCUT2D eigenvalue weighted by Gasteiger charge is 2.56. The summed E-state index contributed by atoms with van der Waals surface area (Å²) in [6.07, 6.45) is 2.70. The molecule has 4 nitrogen and oxygen atoms in total. The Morgan fingerprint density at radius 1 is 1.08 bits per heavy atom. The fraction of sp³-hybridized carbons (Fsp3) is 0.333. The van der Waals surface area contributed by atoms with E-state index >= 15 is 0 Å². The van der Waals surface area contributed by atoms with Crippen molar-refractivity contribution in [3.63, 3.8) is 0 Å². The first-order valence-electron chi connectivity index (χ1n) is 8.97. The van der Waals surface area contributed by atoms with Gasteiger partial charge in [-0.1, -0.05) is 48.9 Å². The van der Waals surface area contributed by atoms with Crippen LogP contribution in [0.3, 0.4) is 0 Å². The molecule has 0 saturated heterocycles. The second-order valence-corrected chi connectivity index (χ2v) is 7.12. The van der Waals surface area contributed by atoms with Crippen molar-refractivity contribution in [1.29, 1.82) is 0 Å². The predicted octanol–water partition coefficient (Wildman–Crippen LogP) is 3.98. The number of rotatable bonds is 7. The van der Waals surface area contributed by atoms with Crippen molar-refractivity contribution in [3.8, 4) is 0 Å². The SMILES string of the molecule is CCc1ccccc1NC(=O)C1(C(=O)NCCc2cccc(Cl)c2)CC1. The average molecular weight is 371 g/mol. The van der Waals surface area contributed by atoms with Gasteiger partial charge in [0.05, 0.1) is 0 Å². The van der Waals surface area contributed by atoms with Crippen molar-refractivity contribution in [2.75, 3.05) is 11.9 Å². The topological polar surface area (TPSA) is 58.2 Å². The minimum Gasteiger partial charge on any atom is -0.355 e. The maximum atomic E-state index is 12.7. The Bertz CT molecular complexity index is 815. The lowest BCUT2D eigenvalue weighted by atomic mass is 10.0. The lowest BCUT2D eigenvalue weighted by Crippen LogP contribution is -2.40. The zero-order chi connectivity index (χ0) is 18.6. The van der Waals surface area contributed by atoms with E-state index in [1.54, 1.807) is 0 Å². The van der Waals surface area contributed by atoms with Crippen LogP contribution in [0.5, 0.6) is 0 Å². The molecular formula is C21H23ClN2O2. The van der Waals surface area contributed by atoms with Crippen molar-refractivity contribution in [2.24, 2.45) is 5.41 Å². The number of hydrogen-bond donors (Lipinski definition) is 2. The van der Waals surface area contributed by atoms with Crippen molar-refractivity contribution in [2.45, 2.75) is 32.6 Å². The van der Waals surface area contributed by atoms with Crippen LogP contribution in [0.25, 0.3) is 0 Å². The first-order chi connectivity index (χ1) is 12.5. The van der Waals surface area contributed by atoms with Gasteiger partial charge < -0.3 is 10.6 Å². The van der Waals surface area contributed by atoms with Gasteiger partial charge in [0.1, 0.15) is 5.41 Å². The Hall–Kier alpha value is -2.33. The minimum absolute atomic E-state index is 0.189.